The second-order valence-electron chi connectivity index (χ2n) is 9.84. The Balaban J connectivity index is 1.60. The molecule has 0 radical (unpaired) electrons. The van der Waals surface area contributed by atoms with Crippen molar-refractivity contribution in [3.05, 3.63) is 35.9 Å². The van der Waals surface area contributed by atoms with Crippen LogP contribution in [0.5, 0.6) is 0 Å². The van der Waals surface area contributed by atoms with E-state index < -0.39 is 12.4 Å². The molecule has 27 heavy (non-hydrogen) atoms. The molecule has 152 valence electrons. The van der Waals surface area contributed by atoms with E-state index >= 15 is 0 Å². The van der Waals surface area contributed by atoms with Crippen LogP contribution in [-0.2, 0) is 11.3 Å². The Labute approximate surface area is 165 Å². The lowest BCUT2D eigenvalue weighted by atomic mass is 9.69. The van der Waals surface area contributed by atoms with Gasteiger partial charge in [0.1, 0.15) is 6.67 Å². The monoisotopic (exact) mass is 375 g/mol. The van der Waals surface area contributed by atoms with Crippen molar-refractivity contribution in [2.45, 2.75) is 78.0 Å². The highest BCUT2D eigenvalue weighted by atomic mass is 19.1. The van der Waals surface area contributed by atoms with Crippen LogP contribution in [-0.4, -0.2) is 30.4 Å². The van der Waals surface area contributed by atoms with E-state index in [9.17, 15) is 4.39 Å². The molecule has 0 amide bonds. The van der Waals surface area contributed by atoms with Crippen LogP contribution in [0.1, 0.15) is 71.3 Å². The molecule has 0 bridgehead atoms. The first-order valence-electron chi connectivity index (χ1n) is 10.9. The number of likely N-dealkylation sites (tertiary alicyclic amines) is 1. The first-order chi connectivity index (χ1) is 12.9. The normalized spacial score (nSPS) is 30.4. The zero-order valence-corrected chi connectivity index (χ0v) is 17.6. The molecule has 0 aromatic heterocycles. The van der Waals surface area contributed by atoms with Crippen molar-refractivity contribution in [1.82, 2.24) is 4.90 Å². The van der Waals surface area contributed by atoms with Gasteiger partial charge in [0.15, 0.2) is 5.72 Å². The molecule has 1 unspecified atom stereocenters. The van der Waals surface area contributed by atoms with Gasteiger partial charge in [-0.25, -0.2) is 4.39 Å². The molecule has 2 aliphatic rings. The average Bonchev–Trinajstić information content (AvgIpc) is 2.68. The molecule has 1 atom stereocenters. The molecule has 2 fully saturated rings. The molecule has 1 aromatic rings. The maximum Gasteiger partial charge on any atom is 0.150 e. The van der Waals surface area contributed by atoms with Gasteiger partial charge in [-0.2, -0.15) is 0 Å². The zero-order chi connectivity index (χ0) is 19.3. The van der Waals surface area contributed by atoms with Crippen LogP contribution in [0.4, 0.5) is 4.39 Å². The summed E-state index contributed by atoms with van der Waals surface area (Å²) < 4.78 is 20.6. The van der Waals surface area contributed by atoms with E-state index in [0.29, 0.717) is 17.9 Å². The van der Waals surface area contributed by atoms with Crippen molar-refractivity contribution in [3.8, 4) is 0 Å². The minimum Gasteiger partial charge on any atom is -0.353 e. The Morgan fingerprint density at radius 1 is 1.07 bits per heavy atom. The number of hydrogen-bond donors (Lipinski definition) is 0. The molecule has 1 aromatic carbocycles. The van der Waals surface area contributed by atoms with Crippen molar-refractivity contribution in [2.75, 3.05) is 19.8 Å². The third-order valence-electron chi connectivity index (χ3n) is 6.93. The van der Waals surface area contributed by atoms with Gasteiger partial charge in [-0.1, -0.05) is 51.1 Å². The molecule has 3 heteroatoms. The Hall–Kier alpha value is -0.930. The highest BCUT2D eigenvalue weighted by Gasteiger charge is 2.41. The molecule has 1 saturated heterocycles. The number of benzene rings is 1. The van der Waals surface area contributed by atoms with Crippen molar-refractivity contribution in [2.24, 2.45) is 17.3 Å². The third kappa shape index (κ3) is 5.32. The Bertz CT molecular complexity index is 561. The molecule has 1 saturated carbocycles. The standard InChI is InChI=1S/C24H38FNO/c1-23(2,3)22-13-11-20(12-14-22)17-26-16-8-7-15-24(26,19-25)27-18-21-9-5-4-6-10-21/h4-6,9-10,20,22H,7-8,11-19H2,1-3H3. The van der Waals surface area contributed by atoms with E-state index in [-0.39, 0.29) is 0 Å². The number of hydrogen-bond acceptors (Lipinski definition) is 2. The number of alkyl halides is 1. The highest BCUT2D eigenvalue weighted by molar-refractivity contribution is 5.13. The topological polar surface area (TPSA) is 12.5 Å². The molecule has 1 aliphatic heterocycles. The van der Waals surface area contributed by atoms with Gasteiger partial charge >= 0.3 is 0 Å². The van der Waals surface area contributed by atoms with Gasteiger partial charge in [-0.15, -0.1) is 0 Å². The smallest absolute Gasteiger partial charge is 0.150 e. The number of halogens is 1. The summed E-state index contributed by atoms with van der Waals surface area (Å²) in [6.45, 7) is 9.17. The summed E-state index contributed by atoms with van der Waals surface area (Å²) in [5.41, 5.74) is 0.827. The average molecular weight is 376 g/mol. The Morgan fingerprint density at radius 2 is 1.78 bits per heavy atom. The van der Waals surface area contributed by atoms with E-state index in [1.54, 1.807) is 0 Å². The fourth-order valence-electron chi connectivity index (χ4n) is 4.99. The van der Waals surface area contributed by atoms with Crippen LogP contribution in [0, 0.1) is 17.3 Å². The van der Waals surface area contributed by atoms with Crippen LogP contribution >= 0.6 is 0 Å². The molecular weight excluding hydrogens is 337 g/mol. The van der Waals surface area contributed by atoms with Crippen molar-refractivity contribution >= 4 is 0 Å². The van der Waals surface area contributed by atoms with Crippen LogP contribution in [0.15, 0.2) is 30.3 Å². The van der Waals surface area contributed by atoms with Gasteiger partial charge in [-0.3, -0.25) is 4.90 Å². The van der Waals surface area contributed by atoms with Crippen LogP contribution in [0.25, 0.3) is 0 Å². The minimum atomic E-state index is -0.713. The SMILES string of the molecule is CC(C)(C)C1CCC(CN2CCCCC2(CF)OCc2ccccc2)CC1. The minimum absolute atomic E-state index is 0.406. The maximum absolute atomic E-state index is 14.3. The first-order valence-corrected chi connectivity index (χ1v) is 10.9. The van der Waals surface area contributed by atoms with Crippen LogP contribution in [0.3, 0.4) is 0 Å². The van der Waals surface area contributed by atoms with Crippen molar-refractivity contribution in [1.29, 1.82) is 0 Å². The summed E-state index contributed by atoms with van der Waals surface area (Å²) >= 11 is 0. The summed E-state index contributed by atoms with van der Waals surface area (Å²) in [5, 5.41) is 0. The van der Waals surface area contributed by atoms with Gasteiger partial charge < -0.3 is 4.74 Å². The van der Waals surface area contributed by atoms with Gasteiger partial charge in [0.2, 0.25) is 0 Å². The summed E-state index contributed by atoms with van der Waals surface area (Å²) in [5.74, 6) is 1.52. The summed E-state index contributed by atoms with van der Waals surface area (Å²) in [6, 6.07) is 10.2. The number of ether oxygens (including phenoxy) is 1. The van der Waals surface area contributed by atoms with E-state index in [1.165, 1.54) is 25.7 Å². The van der Waals surface area contributed by atoms with Crippen LogP contribution in [0.2, 0.25) is 0 Å². The van der Waals surface area contributed by atoms with Gasteiger partial charge in [0, 0.05) is 13.1 Å². The fourth-order valence-corrected chi connectivity index (χ4v) is 4.99. The molecular formula is C24H38FNO. The van der Waals surface area contributed by atoms with Crippen LogP contribution < -0.4 is 0 Å². The van der Waals surface area contributed by atoms with Gasteiger partial charge in [-0.05, 0) is 67.8 Å². The molecule has 0 N–H and O–H groups in total. The second kappa shape index (κ2) is 9.05. The lowest BCUT2D eigenvalue weighted by molar-refractivity contribution is -0.196. The van der Waals surface area contributed by atoms with Gasteiger partial charge in [0.05, 0.1) is 6.61 Å². The maximum atomic E-state index is 14.3. The zero-order valence-electron chi connectivity index (χ0n) is 17.6. The lowest BCUT2D eigenvalue weighted by Gasteiger charge is -2.47. The molecule has 0 spiro atoms. The van der Waals surface area contributed by atoms with Crippen molar-refractivity contribution < 1.29 is 9.13 Å². The molecule has 2 nitrogen and oxygen atoms in total. The molecule has 1 heterocycles. The van der Waals surface area contributed by atoms with E-state index in [1.807, 2.05) is 18.2 Å². The summed E-state index contributed by atoms with van der Waals surface area (Å²) in [7, 11) is 0. The van der Waals surface area contributed by atoms with Crippen molar-refractivity contribution in [3.63, 3.8) is 0 Å². The number of piperidine rings is 1. The first kappa shape index (κ1) is 20.8. The third-order valence-corrected chi connectivity index (χ3v) is 6.93. The molecule has 3 rings (SSSR count). The number of nitrogens with zero attached hydrogens (tertiary/aromatic N) is 1. The second-order valence-corrected chi connectivity index (χ2v) is 9.84. The predicted octanol–water partition coefficient (Wildman–Crippen LogP) is 6.21. The van der Waals surface area contributed by atoms with E-state index in [4.69, 9.17) is 4.74 Å². The number of rotatable bonds is 6. The summed E-state index contributed by atoms with van der Waals surface area (Å²) in [6.07, 6.45) is 8.22. The van der Waals surface area contributed by atoms with E-state index in [0.717, 1.165) is 43.8 Å². The Kier molecular flexibility index (Phi) is 6.97. The quantitative estimate of drug-likeness (QED) is 0.586. The van der Waals surface area contributed by atoms with Gasteiger partial charge in [0.25, 0.3) is 0 Å². The highest BCUT2D eigenvalue weighted by Crippen LogP contribution is 2.41. The van der Waals surface area contributed by atoms with E-state index in [2.05, 4.69) is 37.8 Å². The predicted molar refractivity (Wildman–Crippen MR) is 110 cm³/mol. The lowest BCUT2D eigenvalue weighted by Crippen LogP contribution is -2.56. The Morgan fingerprint density at radius 3 is 2.41 bits per heavy atom. The summed E-state index contributed by atoms with van der Waals surface area (Å²) in [4.78, 5) is 2.35. The molecule has 1 aliphatic carbocycles. The largest absolute Gasteiger partial charge is 0.353 e. The fraction of sp³-hybridized carbons (Fsp3) is 0.750.